The fourth-order valence-corrected chi connectivity index (χ4v) is 2.54. The maximum absolute atomic E-state index is 4.76. The van der Waals surface area contributed by atoms with Gasteiger partial charge in [0.25, 0.3) is 0 Å². The fourth-order valence-electron chi connectivity index (χ4n) is 2.19. The predicted molar refractivity (Wildman–Crippen MR) is 80.0 cm³/mol. The Morgan fingerprint density at radius 3 is 2.89 bits per heavy atom. The van der Waals surface area contributed by atoms with Crippen LogP contribution in [0.3, 0.4) is 0 Å². The van der Waals surface area contributed by atoms with Crippen LogP contribution in [0, 0.1) is 0 Å². The van der Waals surface area contributed by atoms with E-state index in [0.717, 1.165) is 42.5 Å². The van der Waals surface area contributed by atoms with Crippen molar-refractivity contribution in [3.8, 4) is 0 Å². The van der Waals surface area contributed by atoms with E-state index in [2.05, 4.69) is 57.9 Å². The van der Waals surface area contributed by atoms with Crippen LogP contribution in [0.1, 0.15) is 26.1 Å². The standard InChI is InChI=1S/C14H20BrN3/c1-3-9-18-13-6-5-11(15)10-12(13)17-14(18)7-8-16-4-2/h5-6,10,16H,3-4,7-9H2,1-2H3. The highest BCUT2D eigenvalue weighted by atomic mass is 79.9. The molecule has 0 aliphatic heterocycles. The number of fused-ring (bicyclic) bond motifs is 1. The molecule has 1 aromatic heterocycles. The number of hydrogen-bond donors (Lipinski definition) is 1. The van der Waals surface area contributed by atoms with Crippen LogP contribution in [0.2, 0.25) is 0 Å². The largest absolute Gasteiger partial charge is 0.328 e. The van der Waals surface area contributed by atoms with E-state index in [-0.39, 0.29) is 0 Å². The second-order valence-corrected chi connectivity index (χ2v) is 5.33. The minimum atomic E-state index is 0.986. The molecule has 0 saturated heterocycles. The Bertz CT molecular complexity index is 519. The van der Waals surface area contributed by atoms with Gasteiger partial charge in [-0.15, -0.1) is 0 Å². The Morgan fingerprint density at radius 2 is 2.17 bits per heavy atom. The molecule has 2 rings (SSSR count). The first-order valence-electron chi connectivity index (χ1n) is 6.61. The van der Waals surface area contributed by atoms with Gasteiger partial charge in [-0.05, 0) is 31.2 Å². The lowest BCUT2D eigenvalue weighted by atomic mass is 10.3. The normalized spacial score (nSPS) is 11.3. The molecule has 1 heterocycles. The summed E-state index contributed by atoms with van der Waals surface area (Å²) >= 11 is 3.51. The second kappa shape index (κ2) is 6.34. The summed E-state index contributed by atoms with van der Waals surface area (Å²) in [6.45, 7) is 7.38. The number of hydrogen-bond acceptors (Lipinski definition) is 2. The van der Waals surface area contributed by atoms with Crippen molar-refractivity contribution >= 4 is 27.0 Å². The lowest BCUT2D eigenvalue weighted by Gasteiger charge is -2.07. The van der Waals surface area contributed by atoms with Gasteiger partial charge in [-0.25, -0.2) is 4.98 Å². The van der Waals surface area contributed by atoms with Gasteiger partial charge >= 0.3 is 0 Å². The SMILES string of the molecule is CCCn1c(CCNCC)nc2cc(Br)ccc21. The molecule has 0 spiro atoms. The van der Waals surface area contributed by atoms with Crippen molar-refractivity contribution in [1.29, 1.82) is 0 Å². The van der Waals surface area contributed by atoms with E-state index in [1.165, 1.54) is 11.3 Å². The summed E-state index contributed by atoms with van der Waals surface area (Å²) in [7, 11) is 0. The molecule has 0 atom stereocenters. The van der Waals surface area contributed by atoms with Crippen LogP contribution in [0.15, 0.2) is 22.7 Å². The van der Waals surface area contributed by atoms with Gasteiger partial charge < -0.3 is 9.88 Å². The Balaban J connectivity index is 2.34. The van der Waals surface area contributed by atoms with Crippen molar-refractivity contribution in [2.24, 2.45) is 0 Å². The third kappa shape index (κ3) is 2.93. The van der Waals surface area contributed by atoms with Crippen molar-refractivity contribution in [1.82, 2.24) is 14.9 Å². The average molecular weight is 310 g/mol. The summed E-state index contributed by atoms with van der Waals surface area (Å²) in [5.74, 6) is 1.19. The highest BCUT2D eigenvalue weighted by Crippen LogP contribution is 2.21. The molecular formula is C14H20BrN3. The van der Waals surface area contributed by atoms with Gasteiger partial charge in [-0.1, -0.05) is 29.8 Å². The summed E-state index contributed by atoms with van der Waals surface area (Å²) in [6.07, 6.45) is 2.12. The maximum atomic E-state index is 4.76. The van der Waals surface area contributed by atoms with Gasteiger partial charge in [0.2, 0.25) is 0 Å². The number of rotatable bonds is 6. The molecule has 3 nitrogen and oxygen atoms in total. The average Bonchev–Trinajstić information content (AvgIpc) is 2.68. The molecule has 4 heteroatoms. The molecule has 0 unspecified atom stereocenters. The minimum absolute atomic E-state index is 0.986. The van der Waals surface area contributed by atoms with Crippen LogP contribution < -0.4 is 5.32 Å². The zero-order valence-electron chi connectivity index (χ0n) is 11.0. The van der Waals surface area contributed by atoms with E-state index in [0.29, 0.717) is 0 Å². The lowest BCUT2D eigenvalue weighted by Crippen LogP contribution is -2.18. The molecule has 2 aromatic rings. The molecule has 98 valence electrons. The van der Waals surface area contributed by atoms with Gasteiger partial charge in [0.15, 0.2) is 0 Å². The highest BCUT2D eigenvalue weighted by Gasteiger charge is 2.09. The molecule has 0 aliphatic carbocycles. The Morgan fingerprint density at radius 1 is 1.33 bits per heavy atom. The third-order valence-corrected chi connectivity index (χ3v) is 3.51. The van der Waals surface area contributed by atoms with Gasteiger partial charge in [-0.3, -0.25) is 0 Å². The zero-order valence-corrected chi connectivity index (χ0v) is 12.6. The van der Waals surface area contributed by atoms with E-state index in [1.54, 1.807) is 0 Å². The number of nitrogens with zero attached hydrogens (tertiary/aromatic N) is 2. The number of aryl methyl sites for hydroxylation is 1. The topological polar surface area (TPSA) is 29.9 Å². The summed E-state index contributed by atoms with van der Waals surface area (Å²) in [5.41, 5.74) is 2.33. The molecule has 1 aromatic carbocycles. The summed E-state index contributed by atoms with van der Waals surface area (Å²) < 4.78 is 3.44. The summed E-state index contributed by atoms with van der Waals surface area (Å²) in [6, 6.07) is 6.33. The van der Waals surface area contributed by atoms with Crippen molar-refractivity contribution in [3.63, 3.8) is 0 Å². The third-order valence-electron chi connectivity index (χ3n) is 3.01. The zero-order chi connectivity index (χ0) is 13.0. The smallest absolute Gasteiger partial charge is 0.111 e. The van der Waals surface area contributed by atoms with Crippen molar-refractivity contribution in [2.75, 3.05) is 13.1 Å². The molecular weight excluding hydrogens is 290 g/mol. The second-order valence-electron chi connectivity index (χ2n) is 4.42. The Hall–Kier alpha value is -0.870. The summed E-state index contributed by atoms with van der Waals surface area (Å²) in [4.78, 5) is 4.76. The van der Waals surface area contributed by atoms with Crippen molar-refractivity contribution in [3.05, 3.63) is 28.5 Å². The predicted octanol–water partition coefficient (Wildman–Crippen LogP) is 3.36. The summed E-state index contributed by atoms with van der Waals surface area (Å²) in [5, 5.41) is 3.36. The monoisotopic (exact) mass is 309 g/mol. The van der Waals surface area contributed by atoms with Crippen LogP contribution in [0.4, 0.5) is 0 Å². The van der Waals surface area contributed by atoms with Crippen molar-refractivity contribution < 1.29 is 0 Å². The molecule has 1 N–H and O–H groups in total. The number of aromatic nitrogens is 2. The fraction of sp³-hybridized carbons (Fsp3) is 0.500. The van der Waals surface area contributed by atoms with Gasteiger partial charge in [0.05, 0.1) is 11.0 Å². The van der Waals surface area contributed by atoms with Gasteiger partial charge in [0.1, 0.15) is 5.82 Å². The number of halogens is 1. The molecule has 18 heavy (non-hydrogen) atoms. The first-order chi connectivity index (χ1) is 8.76. The first-order valence-corrected chi connectivity index (χ1v) is 7.41. The Labute approximate surface area is 117 Å². The quantitative estimate of drug-likeness (QED) is 0.829. The molecule has 0 aliphatic rings. The minimum Gasteiger partial charge on any atom is -0.328 e. The highest BCUT2D eigenvalue weighted by molar-refractivity contribution is 9.10. The number of benzene rings is 1. The number of imidazole rings is 1. The number of nitrogens with one attached hydrogen (secondary N) is 1. The molecule has 0 radical (unpaired) electrons. The van der Waals surface area contributed by atoms with E-state index in [1.807, 2.05) is 0 Å². The van der Waals surface area contributed by atoms with Crippen LogP contribution in [-0.4, -0.2) is 22.6 Å². The van der Waals surface area contributed by atoms with Crippen LogP contribution in [-0.2, 0) is 13.0 Å². The van der Waals surface area contributed by atoms with Gasteiger partial charge in [-0.2, -0.15) is 0 Å². The van der Waals surface area contributed by atoms with Crippen molar-refractivity contribution in [2.45, 2.75) is 33.2 Å². The van der Waals surface area contributed by atoms with E-state index >= 15 is 0 Å². The molecule has 0 bridgehead atoms. The lowest BCUT2D eigenvalue weighted by molar-refractivity contribution is 0.625. The van der Waals surface area contributed by atoms with Crippen LogP contribution in [0.25, 0.3) is 11.0 Å². The van der Waals surface area contributed by atoms with Gasteiger partial charge in [0, 0.05) is 24.0 Å². The van der Waals surface area contributed by atoms with Crippen LogP contribution in [0.5, 0.6) is 0 Å². The Kier molecular flexibility index (Phi) is 4.78. The first kappa shape index (κ1) is 13.6. The van der Waals surface area contributed by atoms with E-state index in [4.69, 9.17) is 4.98 Å². The van der Waals surface area contributed by atoms with Crippen LogP contribution >= 0.6 is 15.9 Å². The number of likely N-dealkylation sites (N-methyl/N-ethyl adjacent to an activating group) is 1. The van der Waals surface area contributed by atoms with E-state index in [9.17, 15) is 0 Å². The maximum Gasteiger partial charge on any atom is 0.111 e. The molecule has 0 amide bonds. The molecule has 0 saturated carbocycles. The van der Waals surface area contributed by atoms with E-state index < -0.39 is 0 Å². The molecule has 0 fully saturated rings.